The first-order chi connectivity index (χ1) is 10.2. The van der Waals surface area contributed by atoms with Crippen molar-refractivity contribution in [3.63, 3.8) is 0 Å². The highest BCUT2D eigenvalue weighted by atomic mass is 35.5. The van der Waals surface area contributed by atoms with Gasteiger partial charge in [-0.3, -0.25) is 9.59 Å². The Labute approximate surface area is 130 Å². The summed E-state index contributed by atoms with van der Waals surface area (Å²) in [6, 6.07) is 2.59. The summed E-state index contributed by atoms with van der Waals surface area (Å²) in [5.41, 5.74) is -1.12. The molecule has 2 amide bonds. The lowest BCUT2D eigenvalue weighted by molar-refractivity contribution is -0.137. The van der Waals surface area contributed by atoms with Crippen molar-refractivity contribution in [1.29, 1.82) is 0 Å². The summed E-state index contributed by atoms with van der Waals surface area (Å²) in [7, 11) is 0. The highest BCUT2D eigenvalue weighted by Gasteiger charge is 2.32. The molecule has 22 heavy (non-hydrogen) atoms. The van der Waals surface area contributed by atoms with Crippen LogP contribution < -0.4 is 10.2 Å². The minimum Gasteiger partial charge on any atom is -0.351 e. The number of rotatable bonds is 5. The van der Waals surface area contributed by atoms with Gasteiger partial charge in [0.05, 0.1) is 16.3 Å². The molecule has 0 aliphatic heterocycles. The first-order valence-corrected chi connectivity index (χ1v) is 6.57. The lowest BCUT2D eigenvalue weighted by Gasteiger charge is -2.22. The van der Waals surface area contributed by atoms with E-state index in [-0.39, 0.29) is 17.3 Å². The fourth-order valence-corrected chi connectivity index (χ4v) is 1.87. The van der Waals surface area contributed by atoms with E-state index in [4.69, 9.17) is 11.6 Å². The molecule has 1 N–H and O–H groups in total. The molecule has 0 spiro atoms. The molecule has 0 bridgehead atoms. The predicted molar refractivity (Wildman–Crippen MR) is 77.7 cm³/mol. The van der Waals surface area contributed by atoms with Crippen molar-refractivity contribution in [3.8, 4) is 0 Å². The molecular formula is C14H14ClF3N2O2. The van der Waals surface area contributed by atoms with Gasteiger partial charge in [0.1, 0.15) is 6.54 Å². The zero-order valence-electron chi connectivity index (χ0n) is 11.7. The van der Waals surface area contributed by atoms with Crippen LogP contribution in [0, 0.1) is 0 Å². The van der Waals surface area contributed by atoms with E-state index in [1.807, 2.05) is 0 Å². The maximum Gasteiger partial charge on any atom is 0.416 e. The second kappa shape index (κ2) is 7.31. The highest BCUT2D eigenvalue weighted by Crippen LogP contribution is 2.35. The lowest BCUT2D eigenvalue weighted by atomic mass is 10.1. The predicted octanol–water partition coefficient (Wildman–Crippen LogP) is 3.01. The topological polar surface area (TPSA) is 49.4 Å². The standard InChI is InChI=1S/C14H14ClF3N2O2/c1-3-6-19-13(22)8-20(9(2)21)12-7-10(14(16,17)18)4-5-11(12)15/h3-5,7H,1,6,8H2,2H3,(H,19,22). The molecule has 0 aliphatic rings. The van der Waals surface area contributed by atoms with Gasteiger partial charge in [-0.1, -0.05) is 17.7 Å². The van der Waals surface area contributed by atoms with Gasteiger partial charge in [-0.2, -0.15) is 13.2 Å². The van der Waals surface area contributed by atoms with E-state index in [9.17, 15) is 22.8 Å². The third-order valence-corrected chi connectivity index (χ3v) is 3.01. The van der Waals surface area contributed by atoms with E-state index in [0.29, 0.717) is 0 Å². The van der Waals surface area contributed by atoms with Crippen molar-refractivity contribution in [2.45, 2.75) is 13.1 Å². The van der Waals surface area contributed by atoms with E-state index < -0.39 is 30.1 Å². The summed E-state index contributed by atoms with van der Waals surface area (Å²) in [6.45, 7) is 4.29. The number of benzene rings is 1. The van der Waals surface area contributed by atoms with Crippen molar-refractivity contribution in [1.82, 2.24) is 5.32 Å². The maximum absolute atomic E-state index is 12.8. The molecule has 1 aromatic carbocycles. The average molecular weight is 335 g/mol. The van der Waals surface area contributed by atoms with Gasteiger partial charge in [0.15, 0.2) is 0 Å². The Hall–Kier alpha value is -2.02. The van der Waals surface area contributed by atoms with Crippen molar-refractivity contribution in [2.24, 2.45) is 0 Å². The smallest absolute Gasteiger partial charge is 0.351 e. The number of amides is 2. The highest BCUT2D eigenvalue weighted by molar-refractivity contribution is 6.34. The van der Waals surface area contributed by atoms with Crippen LogP contribution in [-0.2, 0) is 15.8 Å². The van der Waals surface area contributed by atoms with E-state index >= 15 is 0 Å². The molecule has 1 rings (SSSR count). The van der Waals surface area contributed by atoms with Gasteiger partial charge < -0.3 is 10.2 Å². The average Bonchev–Trinajstić information content (AvgIpc) is 2.41. The molecule has 0 saturated carbocycles. The Morgan fingerprint density at radius 3 is 2.55 bits per heavy atom. The molecule has 0 radical (unpaired) electrons. The number of carbonyl (C=O) groups is 2. The third-order valence-electron chi connectivity index (χ3n) is 2.69. The monoisotopic (exact) mass is 334 g/mol. The largest absolute Gasteiger partial charge is 0.416 e. The summed E-state index contributed by atoms with van der Waals surface area (Å²) in [4.78, 5) is 24.2. The molecule has 0 heterocycles. The van der Waals surface area contributed by atoms with Crippen molar-refractivity contribution in [2.75, 3.05) is 18.0 Å². The number of hydrogen-bond acceptors (Lipinski definition) is 2. The van der Waals surface area contributed by atoms with Gasteiger partial charge in [-0.25, -0.2) is 0 Å². The summed E-state index contributed by atoms with van der Waals surface area (Å²) in [6.07, 6.45) is -3.14. The van der Waals surface area contributed by atoms with Gasteiger partial charge in [0.25, 0.3) is 0 Å². The molecule has 0 aliphatic carbocycles. The minimum absolute atomic E-state index is 0.0558. The van der Waals surface area contributed by atoms with E-state index in [1.54, 1.807) is 0 Å². The maximum atomic E-state index is 12.8. The molecule has 1 aromatic rings. The number of nitrogens with zero attached hydrogens (tertiary/aromatic N) is 1. The van der Waals surface area contributed by atoms with Crippen molar-refractivity contribution < 1.29 is 22.8 Å². The number of hydrogen-bond donors (Lipinski definition) is 1. The molecule has 0 unspecified atom stereocenters. The lowest BCUT2D eigenvalue weighted by Crippen LogP contribution is -2.40. The fourth-order valence-electron chi connectivity index (χ4n) is 1.65. The van der Waals surface area contributed by atoms with Crippen LogP contribution in [0.15, 0.2) is 30.9 Å². The van der Waals surface area contributed by atoms with Crippen molar-refractivity contribution >= 4 is 29.1 Å². The zero-order valence-corrected chi connectivity index (χ0v) is 12.5. The molecule has 0 aromatic heterocycles. The second-order valence-corrected chi connectivity index (χ2v) is 4.77. The SMILES string of the molecule is C=CCNC(=O)CN(C(C)=O)c1cc(C(F)(F)F)ccc1Cl. The van der Waals surface area contributed by atoms with Crippen LogP contribution in [0.5, 0.6) is 0 Å². The third kappa shape index (κ3) is 4.77. The molecule has 120 valence electrons. The van der Waals surface area contributed by atoms with Crippen LogP contribution >= 0.6 is 11.6 Å². The number of anilines is 1. The molecule has 0 saturated heterocycles. The normalized spacial score (nSPS) is 11.0. The Morgan fingerprint density at radius 2 is 2.05 bits per heavy atom. The van der Waals surface area contributed by atoms with Gasteiger partial charge in [-0.05, 0) is 18.2 Å². The molecule has 8 heteroatoms. The van der Waals surface area contributed by atoms with E-state index in [2.05, 4.69) is 11.9 Å². The quantitative estimate of drug-likeness (QED) is 0.841. The summed E-state index contributed by atoms with van der Waals surface area (Å²) < 4.78 is 38.3. The Bertz CT molecular complexity index is 588. The summed E-state index contributed by atoms with van der Waals surface area (Å²) in [5, 5.41) is 2.38. The van der Waals surface area contributed by atoms with Gasteiger partial charge >= 0.3 is 6.18 Å². The number of carbonyl (C=O) groups excluding carboxylic acids is 2. The summed E-state index contributed by atoms with van der Waals surface area (Å²) in [5.74, 6) is -1.14. The molecular weight excluding hydrogens is 321 g/mol. The van der Waals surface area contributed by atoms with E-state index in [0.717, 1.165) is 30.0 Å². The number of halogens is 4. The number of alkyl halides is 3. The summed E-state index contributed by atoms with van der Waals surface area (Å²) >= 11 is 5.86. The first-order valence-electron chi connectivity index (χ1n) is 6.19. The Balaban J connectivity index is 3.13. The van der Waals surface area contributed by atoms with Crippen LogP contribution in [0.25, 0.3) is 0 Å². The van der Waals surface area contributed by atoms with Crippen LogP contribution in [0.4, 0.5) is 18.9 Å². The Kier molecular flexibility index (Phi) is 5.99. The second-order valence-electron chi connectivity index (χ2n) is 4.36. The molecule has 0 fully saturated rings. The minimum atomic E-state index is -4.58. The van der Waals surface area contributed by atoms with Crippen LogP contribution in [0.1, 0.15) is 12.5 Å². The Morgan fingerprint density at radius 1 is 1.41 bits per heavy atom. The zero-order chi connectivity index (χ0) is 16.9. The van der Waals surface area contributed by atoms with E-state index in [1.165, 1.54) is 6.08 Å². The van der Waals surface area contributed by atoms with Crippen LogP contribution in [0.3, 0.4) is 0 Å². The van der Waals surface area contributed by atoms with Gasteiger partial charge in [0.2, 0.25) is 11.8 Å². The van der Waals surface area contributed by atoms with Crippen LogP contribution in [-0.4, -0.2) is 24.9 Å². The van der Waals surface area contributed by atoms with Crippen molar-refractivity contribution in [3.05, 3.63) is 41.4 Å². The fraction of sp³-hybridized carbons (Fsp3) is 0.286. The first kappa shape index (κ1) is 18.0. The van der Waals surface area contributed by atoms with Gasteiger partial charge in [-0.15, -0.1) is 6.58 Å². The molecule has 0 atom stereocenters. The van der Waals surface area contributed by atoms with Crippen LogP contribution in [0.2, 0.25) is 5.02 Å². The number of nitrogens with one attached hydrogen (secondary N) is 1. The van der Waals surface area contributed by atoms with Gasteiger partial charge in [0, 0.05) is 13.5 Å². The molecule has 4 nitrogen and oxygen atoms in total.